The second kappa shape index (κ2) is 4.67. The molecule has 0 aliphatic rings. The minimum atomic E-state index is -0.603. The Balaban J connectivity index is 2.94. The molecule has 2 amide bonds. The molecular formula is C11H18N4O3. The summed E-state index contributed by atoms with van der Waals surface area (Å²) in [5.74, 6) is -0.313. The molecule has 1 aromatic rings. The first-order chi connectivity index (χ1) is 8.13. The zero-order chi connectivity index (χ0) is 14.1. The van der Waals surface area contributed by atoms with Crippen LogP contribution in [-0.4, -0.2) is 34.2 Å². The fraction of sp³-hybridized carbons (Fsp3) is 0.545. The lowest BCUT2D eigenvalue weighted by molar-refractivity contribution is 0.0586. The first-order valence-electron chi connectivity index (χ1n) is 5.41. The smallest absolute Gasteiger partial charge is 0.416 e. The van der Waals surface area contributed by atoms with Gasteiger partial charge in [0, 0.05) is 14.1 Å². The maximum absolute atomic E-state index is 11.8. The summed E-state index contributed by atoms with van der Waals surface area (Å²) in [7, 11) is 3.12. The zero-order valence-corrected chi connectivity index (χ0v) is 11.2. The topological polar surface area (TPSA) is 90.5 Å². The summed E-state index contributed by atoms with van der Waals surface area (Å²) in [5, 5.41) is 0. The number of carbonyl (C=O) groups excluding carboxylic acids is 2. The standard InChI is InChI=1S/C11H18N4O3/c1-11(2,3)18-10(17)15(5)9-13-6-7(8(12)16)14(9)4/h6H,1-5H3,(H2,12,16). The van der Waals surface area contributed by atoms with E-state index in [1.165, 1.54) is 22.7 Å². The Kier molecular flexibility index (Phi) is 3.64. The molecule has 0 spiro atoms. The van der Waals surface area contributed by atoms with Gasteiger partial charge in [0.05, 0.1) is 6.20 Å². The van der Waals surface area contributed by atoms with Gasteiger partial charge in [0.25, 0.3) is 5.91 Å². The van der Waals surface area contributed by atoms with Gasteiger partial charge in [-0.15, -0.1) is 0 Å². The third-order valence-electron chi connectivity index (χ3n) is 2.18. The number of primary amides is 1. The van der Waals surface area contributed by atoms with Crippen LogP contribution in [0.4, 0.5) is 10.7 Å². The van der Waals surface area contributed by atoms with Crippen molar-refractivity contribution in [3.05, 3.63) is 11.9 Å². The molecule has 1 rings (SSSR count). The highest BCUT2D eigenvalue weighted by molar-refractivity contribution is 5.92. The molecule has 7 heteroatoms. The molecular weight excluding hydrogens is 236 g/mol. The van der Waals surface area contributed by atoms with E-state index in [-0.39, 0.29) is 11.6 Å². The van der Waals surface area contributed by atoms with Crippen LogP contribution in [0.3, 0.4) is 0 Å². The van der Waals surface area contributed by atoms with Crippen LogP contribution in [-0.2, 0) is 11.8 Å². The van der Waals surface area contributed by atoms with E-state index in [4.69, 9.17) is 10.5 Å². The van der Waals surface area contributed by atoms with Crippen molar-refractivity contribution in [2.24, 2.45) is 12.8 Å². The van der Waals surface area contributed by atoms with Crippen molar-refractivity contribution >= 4 is 17.9 Å². The average molecular weight is 254 g/mol. The van der Waals surface area contributed by atoms with E-state index < -0.39 is 17.6 Å². The van der Waals surface area contributed by atoms with Crippen molar-refractivity contribution in [1.82, 2.24) is 9.55 Å². The first kappa shape index (κ1) is 14.0. The molecule has 0 atom stereocenters. The number of rotatable bonds is 2. The van der Waals surface area contributed by atoms with Gasteiger partial charge in [-0.05, 0) is 20.8 Å². The molecule has 0 aromatic carbocycles. The Morgan fingerprint density at radius 2 is 2.00 bits per heavy atom. The van der Waals surface area contributed by atoms with Crippen LogP contribution in [0.2, 0.25) is 0 Å². The third kappa shape index (κ3) is 2.99. The van der Waals surface area contributed by atoms with Crippen LogP contribution >= 0.6 is 0 Å². The number of aromatic nitrogens is 2. The number of hydrogen-bond donors (Lipinski definition) is 1. The molecule has 100 valence electrons. The van der Waals surface area contributed by atoms with E-state index in [1.54, 1.807) is 27.8 Å². The lowest BCUT2D eigenvalue weighted by Crippen LogP contribution is -2.35. The predicted molar refractivity (Wildman–Crippen MR) is 66.4 cm³/mol. The van der Waals surface area contributed by atoms with Crippen molar-refractivity contribution in [3.63, 3.8) is 0 Å². The maximum atomic E-state index is 11.8. The summed E-state index contributed by atoms with van der Waals surface area (Å²) in [5.41, 5.74) is 4.80. The molecule has 0 saturated heterocycles. The number of carbonyl (C=O) groups is 2. The Hall–Kier alpha value is -2.05. The van der Waals surface area contributed by atoms with Crippen molar-refractivity contribution in [2.45, 2.75) is 26.4 Å². The molecule has 0 aliphatic carbocycles. The Bertz CT molecular complexity index is 473. The summed E-state index contributed by atoms with van der Waals surface area (Å²) in [4.78, 5) is 28.1. The number of nitrogens with two attached hydrogens (primary N) is 1. The highest BCUT2D eigenvalue weighted by Crippen LogP contribution is 2.16. The first-order valence-corrected chi connectivity index (χ1v) is 5.41. The molecule has 2 N–H and O–H groups in total. The number of amides is 2. The van der Waals surface area contributed by atoms with E-state index in [0.29, 0.717) is 0 Å². The van der Waals surface area contributed by atoms with Gasteiger partial charge in [0.2, 0.25) is 5.95 Å². The van der Waals surface area contributed by atoms with Crippen molar-refractivity contribution < 1.29 is 14.3 Å². The fourth-order valence-corrected chi connectivity index (χ4v) is 1.35. The Morgan fingerprint density at radius 1 is 1.44 bits per heavy atom. The Morgan fingerprint density at radius 3 is 2.39 bits per heavy atom. The average Bonchev–Trinajstić information content (AvgIpc) is 2.56. The normalized spacial score (nSPS) is 11.2. The summed E-state index contributed by atoms with van der Waals surface area (Å²) in [6.07, 6.45) is 0.769. The molecule has 18 heavy (non-hydrogen) atoms. The van der Waals surface area contributed by atoms with Crippen LogP contribution in [0.5, 0.6) is 0 Å². The number of ether oxygens (including phenoxy) is 1. The van der Waals surface area contributed by atoms with Crippen molar-refractivity contribution in [2.75, 3.05) is 11.9 Å². The molecule has 0 unspecified atom stereocenters. The van der Waals surface area contributed by atoms with Crippen LogP contribution in [0.25, 0.3) is 0 Å². The van der Waals surface area contributed by atoms with Gasteiger partial charge in [-0.2, -0.15) is 0 Å². The fourth-order valence-electron chi connectivity index (χ4n) is 1.35. The number of anilines is 1. The summed E-state index contributed by atoms with van der Waals surface area (Å²) in [6, 6.07) is 0. The maximum Gasteiger partial charge on any atom is 0.416 e. The van der Waals surface area contributed by atoms with Crippen LogP contribution in [0.1, 0.15) is 31.3 Å². The minimum Gasteiger partial charge on any atom is -0.443 e. The Labute approximate surface area is 106 Å². The lowest BCUT2D eigenvalue weighted by Gasteiger charge is -2.24. The largest absolute Gasteiger partial charge is 0.443 e. The quantitative estimate of drug-likeness (QED) is 0.848. The molecule has 7 nitrogen and oxygen atoms in total. The van der Waals surface area contributed by atoms with E-state index in [0.717, 1.165) is 0 Å². The number of nitrogens with zero attached hydrogens (tertiary/aromatic N) is 3. The molecule has 1 heterocycles. The summed E-state index contributed by atoms with van der Waals surface area (Å²) < 4.78 is 6.63. The number of imidazole rings is 1. The van der Waals surface area contributed by atoms with Crippen LogP contribution in [0.15, 0.2) is 6.20 Å². The minimum absolute atomic E-state index is 0.223. The van der Waals surface area contributed by atoms with Gasteiger partial charge in [-0.3, -0.25) is 9.69 Å². The van der Waals surface area contributed by atoms with Gasteiger partial charge < -0.3 is 15.0 Å². The predicted octanol–water partition coefficient (Wildman–Crippen LogP) is 0.890. The monoisotopic (exact) mass is 254 g/mol. The highest BCUT2D eigenvalue weighted by Gasteiger charge is 2.24. The number of hydrogen-bond acceptors (Lipinski definition) is 4. The van der Waals surface area contributed by atoms with Gasteiger partial charge in [0.15, 0.2) is 0 Å². The molecule has 0 saturated carbocycles. The molecule has 0 aliphatic heterocycles. The van der Waals surface area contributed by atoms with Crippen LogP contribution in [0, 0.1) is 0 Å². The molecule has 0 bridgehead atoms. The molecule has 0 radical (unpaired) electrons. The van der Waals surface area contributed by atoms with Crippen molar-refractivity contribution in [1.29, 1.82) is 0 Å². The van der Waals surface area contributed by atoms with Gasteiger partial charge in [-0.1, -0.05) is 0 Å². The summed E-state index contributed by atoms with van der Waals surface area (Å²) >= 11 is 0. The second-order valence-electron chi connectivity index (χ2n) is 4.91. The van der Waals surface area contributed by atoms with Crippen LogP contribution < -0.4 is 10.6 Å². The summed E-state index contributed by atoms with van der Waals surface area (Å²) in [6.45, 7) is 5.31. The van der Waals surface area contributed by atoms with E-state index >= 15 is 0 Å². The molecule has 0 fully saturated rings. The molecule has 1 aromatic heterocycles. The highest BCUT2D eigenvalue weighted by atomic mass is 16.6. The second-order valence-corrected chi connectivity index (χ2v) is 4.91. The van der Waals surface area contributed by atoms with Gasteiger partial charge in [-0.25, -0.2) is 9.78 Å². The van der Waals surface area contributed by atoms with Gasteiger partial charge in [0.1, 0.15) is 11.3 Å². The van der Waals surface area contributed by atoms with E-state index in [9.17, 15) is 9.59 Å². The zero-order valence-electron chi connectivity index (χ0n) is 11.2. The van der Waals surface area contributed by atoms with E-state index in [2.05, 4.69) is 4.98 Å². The van der Waals surface area contributed by atoms with Gasteiger partial charge >= 0.3 is 6.09 Å². The SMILES string of the molecule is CN(C(=O)OC(C)(C)C)c1ncc(C(N)=O)n1C. The van der Waals surface area contributed by atoms with Crippen molar-refractivity contribution in [3.8, 4) is 0 Å². The third-order valence-corrected chi connectivity index (χ3v) is 2.18. The van der Waals surface area contributed by atoms with E-state index in [1.807, 2.05) is 0 Å². The lowest BCUT2D eigenvalue weighted by atomic mass is 10.2.